The van der Waals surface area contributed by atoms with E-state index in [1.165, 1.54) is 11.8 Å². The van der Waals surface area contributed by atoms with Crippen LogP contribution in [-0.2, 0) is 11.3 Å². The van der Waals surface area contributed by atoms with Crippen molar-refractivity contribution in [3.63, 3.8) is 0 Å². The van der Waals surface area contributed by atoms with Gasteiger partial charge < -0.3 is 9.73 Å². The smallest absolute Gasteiger partial charge is 0.238 e. The molecule has 1 atom stereocenters. The van der Waals surface area contributed by atoms with Gasteiger partial charge >= 0.3 is 0 Å². The minimum Gasteiger partial charge on any atom is -0.469 e. The van der Waals surface area contributed by atoms with Gasteiger partial charge in [-0.3, -0.25) is 9.36 Å². The van der Waals surface area contributed by atoms with Gasteiger partial charge in [-0.05, 0) is 33.8 Å². The van der Waals surface area contributed by atoms with Crippen molar-refractivity contribution in [1.82, 2.24) is 24.5 Å². The zero-order valence-electron chi connectivity index (χ0n) is 16.4. The number of hydrogen-bond acceptors (Lipinski definition) is 6. The van der Waals surface area contributed by atoms with E-state index in [1.54, 1.807) is 29.3 Å². The van der Waals surface area contributed by atoms with Gasteiger partial charge in [-0.25, -0.2) is 4.68 Å². The topological polar surface area (TPSA) is 90.8 Å². The van der Waals surface area contributed by atoms with E-state index in [9.17, 15) is 4.79 Å². The van der Waals surface area contributed by atoms with Crippen LogP contribution in [0.3, 0.4) is 0 Å². The molecule has 0 bridgehead atoms. The second kappa shape index (κ2) is 8.47. The monoisotopic (exact) mass is 400 g/mol. The van der Waals surface area contributed by atoms with Crippen LogP contribution in [0.1, 0.15) is 32.6 Å². The average Bonchev–Trinajstić information content (AvgIpc) is 3.36. The van der Waals surface area contributed by atoms with Crippen molar-refractivity contribution in [2.45, 2.75) is 50.7 Å². The number of thioether (sulfide) groups is 1. The molecule has 3 heterocycles. The van der Waals surface area contributed by atoms with Gasteiger partial charge in [0.1, 0.15) is 11.6 Å². The van der Waals surface area contributed by atoms with E-state index in [0.717, 1.165) is 11.3 Å². The van der Waals surface area contributed by atoms with Crippen molar-refractivity contribution >= 4 is 23.5 Å². The molecule has 1 amide bonds. The summed E-state index contributed by atoms with van der Waals surface area (Å²) in [6, 6.07) is 3.80. The van der Waals surface area contributed by atoms with Gasteiger partial charge in [-0.1, -0.05) is 17.8 Å². The van der Waals surface area contributed by atoms with Crippen LogP contribution in [0, 0.1) is 6.92 Å². The van der Waals surface area contributed by atoms with E-state index in [4.69, 9.17) is 4.42 Å². The molecule has 3 aromatic heterocycles. The van der Waals surface area contributed by atoms with Crippen LogP contribution in [0.25, 0.3) is 11.4 Å². The highest BCUT2D eigenvalue weighted by atomic mass is 32.2. The zero-order valence-corrected chi connectivity index (χ0v) is 17.2. The Morgan fingerprint density at radius 1 is 1.36 bits per heavy atom. The number of aryl methyl sites for hydroxylation is 1. The molecule has 1 N–H and O–H groups in total. The lowest BCUT2D eigenvalue weighted by Crippen LogP contribution is -2.25. The summed E-state index contributed by atoms with van der Waals surface area (Å²) in [5, 5.41) is 16.0. The SMILES string of the molecule is C=CCn1c(SC(C)C(=O)Nc2ccnn2C(C)C)nnc1-c1ccoc1C. The molecule has 8 nitrogen and oxygen atoms in total. The van der Waals surface area contributed by atoms with Gasteiger partial charge in [-0.2, -0.15) is 5.10 Å². The third-order valence-corrected chi connectivity index (χ3v) is 5.27. The molecular formula is C19H24N6O2S. The van der Waals surface area contributed by atoms with Gasteiger partial charge in [0.25, 0.3) is 0 Å². The molecule has 28 heavy (non-hydrogen) atoms. The Morgan fingerprint density at radius 3 is 2.79 bits per heavy atom. The lowest BCUT2D eigenvalue weighted by atomic mass is 10.2. The summed E-state index contributed by atoms with van der Waals surface area (Å²) in [6.07, 6.45) is 5.07. The lowest BCUT2D eigenvalue weighted by molar-refractivity contribution is -0.115. The maximum atomic E-state index is 12.7. The van der Waals surface area contributed by atoms with Gasteiger partial charge in [0.15, 0.2) is 11.0 Å². The molecule has 0 aliphatic heterocycles. The molecular weight excluding hydrogens is 376 g/mol. The molecule has 9 heteroatoms. The molecule has 0 radical (unpaired) electrons. The van der Waals surface area contributed by atoms with Crippen molar-refractivity contribution in [3.8, 4) is 11.4 Å². The second-order valence-electron chi connectivity index (χ2n) is 6.60. The first kappa shape index (κ1) is 19.9. The third kappa shape index (κ3) is 4.04. The van der Waals surface area contributed by atoms with Gasteiger partial charge in [0, 0.05) is 18.7 Å². The molecule has 3 aromatic rings. The Hall–Kier alpha value is -2.81. The summed E-state index contributed by atoms with van der Waals surface area (Å²) in [4.78, 5) is 12.7. The van der Waals surface area contributed by atoms with Crippen molar-refractivity contribution in [1.29, 1.82) is 0 Å². The van der Waals surface area contributed by atoms with Gasteiger partial charge in [0.2, 0.25) is 5.91 Å². The Bertz CT molecular complexity index is 971. The van der Waals surface area contributed by atoms with Crippen LogP contribution in [0.5, 0.6) is 0 Å². The van der Waals surface area contributed by atoms with E-state index in [2.05, 4.69) is 27.2 Å². The number of nitrogens with zero attached hydrogens (tertiary/aromatic N) is 5. The van der Waals surface area contributed by atoms with Crippen LogP contribution in [0.4, 0.5) is 5.82 Å². The number of aromatic nitrogens is 5. The van der Waals surface area contributed by atoms with Crippen LogP contribution >= 0.6 is 11.8 Å². The quantitative estimate of drug-likeness (QED) is 0.455. The summed E-state index contributed by atoms with van der Waals surface area (Å²) < 4.78 is 9.09. The number of amides is 1. The maximum absolute atomic E-state index is 12.7. The number of carbonyl (C=O) groups excluding carboxylic acids is 1. The number of rotatable bonds is 8. The minimum absolute atomic E-state index is 0.124. The molecule has 3 rings (SSSR count). The fourth-order valence-corrected chi connectivity index (χ4v) is 3.61. The predicted molar refractivity (Wildman–Crippen MR) is 109 cm³/mol. The highest BCUT2D eigenvalue weighted by Gasteiger charge is 2.22. The second-order valence-corrected chi connectivity index (χ2v) is 7.91. The first-order chi connectivity index (χ1) is 13.4. The summed E-state index contributed by atoms with van der Waals surface area (Å²) in [6.45, 7) is 12.1. The number of hydrogen-bond donors (Lipinski definition) is 1. The Balaban J connectivity index is 1.78. The first-order valence-electron chi connectivity index (χ1n) is 9.02. The Morgan fingerprint density at radius 2 is 2.14 bits per heavy atom. The number of furan rings is 1. The van der Waals surface area contributed by atoms with Crippen LogP contribution in [-0.4, -0.2) is 35.7 Å². The van der Waals surface area contributed by atoms with E-state index < -0.39 is 0 Å². The normalized spacial score (nSPS) is 12.3. The summed E-state index contributed by atoms with van der Waals surface area (Å²) in [7, 11) is 0. The average molecular weight is 401 g/mol. The standard InChI is InChI=1S/C19H24N6O2S/c1-6-10-24-17(15-8-11-27-13(15)4)22-23-19(24)28-14(5)18(26)21-16-7-9-20-25(16)12(2)3/h6-9,11-12,14H,1,10H2,2-5H3,(H,21,26). The molecule has 0 saturated carbocycles. The van der Waals surface area contributed by atoms with Crippen molar-refractivity contribution in [2.24, 2.45) is 0 Å². The number of carbonyl (C=O) groups is 1. The van der Waals surface area contributed by atoms with Crippen LogP contribution < -0.4 is 5.32 Å². The first-order valence-corrected chi connectivity index (χ1v) is 9.90. The molecule has 0 saturated heterocycles. The highest BCUT2D eigenvalue weighted by Crippen LogP contribution is 2.29. The Kier molecular flexibility index (Phi) is 6.03. The van der Waals surface area contributed by atoms with Crippen molar-refractivity contribution in [2.75, 3.05) is 5.32 Å². The van der Waals surface area contributed by atoms with Gasteiger partial charge in [-0.15, -0.1) is 16.8 Å². The fourth-order valence-electron chi connectivity index (χ4n) is 2.75. The Labute approximate surface area is 168 Å². The third-order valence-electron chi connectivity index (χ3n) is 4.19. The highest BCUT2D eigenvalue weighted by molar-refractivity contribution is 8.00. The molecule has 148 valence electrons. The summed E-state index contributed by atoms with van der Waals surface area (Å²) in [5.41, 5.74) is 0.874. The molecule has 0 aromatic carbocycles. The largest absolute Gasteiger partial charge is 0.469 e. The van der Waals surface area contributed by atoms with E-state index in [1.807, 2.05) is 38.3 Å². The molecule has 0 aliphatic rings. The van der Waals surface area contributed by atoms with E-state index in [-0.39, 0.29) is 17.2 Å². The minimum atomic E-state index is -0.374. The summed E-state index contributed by atoms with van der Waals surface area (Å²) >= 11 is 1.35. The number of nitrogens with one attached hydrogen (secondary N) is 1. The molecule has 1 unspecified atom stereocenters. The maximum Gasteiger partial charge on any atom is 0.238 e. The number of anilines is 1. The summed E-state index contributed by atoms with van der Waals surface area (Å²) in [5.74, 6) is 2.01. The number of allylic oxidation sites excluding steroid dienone is 1. The fraction of sp³-hybridized carbons (Fsp3) is 0.368. The van der Waals surface area contributed by atoms with Crippen molar-refractivity contribution < 1.29 is 9.21 Å². The van der Waals surface area contributed by atoms with Crippen LogP contribution in [0.15, 0.2) is 46.8 Å². The molecule has 0 spiro atoms. The van der Waals surface area contributed by atoms with Crippen LogP contribution in [0.2, 0.25) is 0 Å². The van der Waals surface area contributed by atoms with Crippen molar-refractivity contribution in [3.05, 3.63) is 43.0 Å². The zero-order chi connectivity index (χ0) is 20.3. The molecule has 0 aliphatic carbocycles. The van der Waals surface area contributed by atoms with E-state index in [0.29, 0.717) is 23.3 Å². The van der Waals surface area contributed by atoms with Gasteiger partial charge in [0.05, 0.1) is 23.3 Å². The molecule has 0 fully saturated rings. The lowest BCUT2D eigenvalue weighted by Gasteiger charge is -2.15. The van der Waals surface area contributed by atoms with E-state index >= 15 is 0 Å². The predicted octanol–water partition coefficient (Wildman–Crippen LogP) is 3.93.